The maximum atomic E-state index is 6.26. The molecule has 128 valence electrons. The van der Waals surface area contributed by atoms with Crippen molar-refractivity contribution in [3.8, 4) is 22.9 Å². The van der Waals surface area contributed by atoms with E-state index < -0.39 is 0 Å². The number of H-pyrrole nitrogens is 1. The van der Waals surface area contributed by atoms with Gasteiger partial charge in [-0.1, -0.05) is 11.6 Å². The van der Waals surface area contributed by atoms with E-state index in [-0.39, 0.29) is 12.1 Å². The van der Waals surface area contributed by atoms with Gasteiger partial charge in [-0.3, -0.25) is 0 Å². The monoisotopic (exact) mass is 356 g/mol. The van der Waals surface area contributed by atoms with Gasteiger partial charge < -0.3 is 15.0 Å². The van der Waals surface area contributed by atoms with Crippen molar-refractivity contribution in [2.45, 2.75) is 19.1 Å². The van der Waals surface area contributed by atoms with Crippen molar-refractivity contribution in [2.24, 2.45) is 0 Å². The summed E-state index contributed by atoms with van der Waals surface area (Å²) < 4.78 is 5.91. The first-order valence-electron chi connectivity index (χ1n) is 8.05. The van der Waals surface area contributed by atoms with Crippen LogP contribution in [0.2, 0.25) is 5.15 Å². The molecule has 4 heterocycles. The third kappa shape index (κ3) is 3.39. The van der Waals surface area contributed by atoms with Crippen molar-refractivity contribution in [3.63, 3.8) is 0 Å². The lowest BCUT2D eigenvalue weighted by Gasteiger charge is -2.30. The molecule has 25 heavy (non-hydrogen) atoms. The Labute approximate surface area is 149 Å². The van der Waals surface area contributed by atoms with Crippen LogP contribution in [0.5, 0.6) is 0 Å². The number of aromatic amines is 1. The first-order valence-corrected chi connectivity index (χ1v) is 8.43. The minimum Gasteiger partial charge on any atom is -0.371 e. The van der Waals surface area contributed by atoms with E-state index >= 15 is 0 Å². The number of morpholine rings is 1. The van der Waals surface area contributed by atoms with E-state index in [1.807, 2.05) is 18.2 Å². The van der Waals surface area contributed by atoms with Crippen LogP contribution in [0.15, 0.2) is 36.9 Å². The van der Waals surface area contributed by atoms with E-state index in [4.69, 9.17) is 16.3 Å². The molecule has 1 saturated heterocycles. The van der Waals surface area contributed by atoms with Gasteiger partial charge in [0.2, 0.25) is 0 Å². The van der Waals surface area contributed by atoms with Gasteiger partial charge in [-0.2, -0.15) is 0 Å². The van der Waals surface area contributed by atoms with Crippen LogP contribution in [0.1, 0.15) is 18.6 Å². The summed E-state index contributed by atoms with van der Waals surface area (Å²) in [7, 11) is 0. The summed E-state index contributed by atoms with van der Waals surface area (Å²) >= 11 is 6.26. The van der Waals surface area contributed by atoms with E-state index in [1.54, 1.807) is 12.4 Å². The molecule has 1 aliphatic rings. The number of aromatic nitrogens is 5. The van der Waals surface area contributed by atoms with Gasteiger partial charge in [-0.25, -0.2) is 19.9 Å². The van der Waals surface area contributed by atoms with Gasteiger partial charge in [0.1, 0.15) is 17.2 Å². The molecule has 1 fully saturated rings. The van der Waals surface area contributed by atoms with Crippen molar-refractivity contribution in [1.82, 2.24) is 30.2 Å². The van der Waals surface area contributed by atoms with Gasteiger partial charge in [0.15, 0.2) is 5.82 Å². The molecule has 2 N–H and O–H groups in total. The van der Waals surface area contributed by atoms with Crippen LogP contribution in [-0.4, -0.2) is 44.1 Å². The van der Waals surface area contributed by atoms with Crippen LogP contribution in [0.3, 0.4) is 0 Å². The largest absolute Gasteiger partial charge is 0.371 e. The summed E-state index contributed by atoms with van der Waals surface area (Å²) in [5.74, 6) is 0.680. The summed E-state index contributed by atoms with van der Waals surface area (Å²) in [5.41, 5.74) is 3.04. The summed E-state index contributed by atoms with van der Waals surface area (Å²) in [5, 5.41) is 3.82. The highest BCUT2D eigenvalue weighted by atomic mass is 35.5. The molecule has 0 aromatic carbocycles. The third-order valence-corrected chi connectivity index (χ3v) is 4.33. The lowest BCUT2D eigenvalue weighted by molar-refractivity contribution is -0.000236. The molecule has 0 radical (unpaired) electrons. The number of imidazole rings is 1. The van der Waals surface area contributed by atoms with Crippen molar-refractivity contribution in [1.29, 1.82) is 0 Å². The van der Waals surface area contributed by atoms with Crippen molar-refractivity contribution in [3.05, 3.63) is 47.6 Å². The number of pyridine rings is 1. The number of hydrogen-bond acceptors (Lipinski definition) is 6. The second kappa shape index (κ2) is 6.87. The fraction of sp³-hybridized carbons (Fsp3) is 0.294. The van der Waals surface area contributed by atoms with E-state index in [0.29, 0.717) is 34.7 Å². The Hall–Kier alpha value is -2.35. The SMILES string of the molecule is C[C@H]1NCCO[C@@H]1c1cc(Cl)nc(-c2cc(-c3ncc[nH]3)ncn2)c1. The smallest absolute Gasteiger partial charge is 0.156 e. The Kier molecular flexibility index (Phi) is 4.44. The zero-order valence-electron chi connectivity index (χ0n) is 13.6. The number of ether oxygens (including phenoxy) is 1. The quantitative estimate of drug-likeness (QED) is 0.701. The zero-order valence-corrected chi connectivity index (χ0v) is 14.4. The number of nitrogens with zero attached hydrogens (tertiary/aromatic N) is 4. The van der Waals surface area contributed by atoms with Crippen LogP contribution in [0.4, 0.5) is 0 Å². The Morgan fingerprint density at radius 3 is 2.80 bits per heavy atom. The molecular weight excluding hydrogens is 340 g/mol. The molecule has 2 atom stereocenters. The second-order valence-electron chi connectivity index (χ2n) is 5.87. The van der Waals surface area contributed by atoms with Gasteiger partial charge in [0.25, 0.3) is 0 Å². The Bertz CT molecular complexity index is 869. The molecule has 7 nitrogen and oxygen atoms in total. The highest BCUT2D eigenvalue weighted by molar-refractivity contribution is 6.29. The minimum absolute atomic E-state index is 0.0700. The third-order valence-electron chi connectivity index (χ3n) is 4.14. The van der Waals surface area contributed by atoms with Crippen LogP contribution >= 0.6 is 11.6 Å². The van der Waals surface area contributed by atoms with Crippen LogP contribution in [0, 0.1) is 0 Å². The highest BCUT2D eigenvalue weighted by Crippen LogP contribution is 2.29. The summed E-state index contributed by atoms with van der Waals surface area (Å²) in [4.78, 5) is 20.3. The summed E-state index contributed by atoms with van der Waals surface area (Å²) in [6.45, 7) is 3.61. The standard InChI is InChI=1S/C17H17ClN6O/c1-10-16(25-5-4-19-10)11-6-13(24-15(18)7-11)12-8-14(23-9-22-12)17-20-2-3-21-17/h2-3,6-10,16,19H,4-5H2,1H3,(H,20,21)/t10-,16+/m1/s1. The molecular formula is C17H17ClN6O. The van der Waals surface area contributed by atoms with Crippen LogP contribution in [0.25, 0.3) is 22.9 Å². The number of halogens is 1. The first kappa shape index (κ1) is 16.1. The Morgan fingerprint density at radius 2 is 2.00 bits per heavy atom. The molecule has 0 amide bonds. The van der Waals surface area contributed by atoms with E-state index in [0.717, 1.165) is 12.1 Å². The minimum atomic E-state index is -0.0700. The molecule has 8 heteroatoms. The number of nitrogens with one attached hydrogen (secondary N) is 2. The highest BCUT2D eigenvalue weighted by Gasteiger charge is 2.24. The predicted octanol–water partition coefficient (Wildman–Crippen LogP) is 2.63. The molecule has 0 bridgehead atoms. The Balaban J connectivity index is 1.72. The number of rotatable bonds is 3. The average Bonchev–Trinajstić information content (AvgIpc) is 3.16. The normalized spacial score (nSPS) is 20.6. The molecule has 0 unspecified atom stereocenters. The molecule has 4 rings (SSSR count). The predicted molar refractivity (Wildman–Crippen MR) is 94.0 cm³/mol. The van der Waals surface area contributed by atoms with Crippen LogP contribution in [-0.2, 0) is 4.74 Å². The maximum absolute atomic E-state index is 6.26. The lowest BCUT2D eigenvalue weighted by Crippen LogP contribution is -2.41. The molecule has 0 aliphatic carbocycles. The topological polar surface area (TPSA) is 88.6 Å². The van der Waals surface area contributed by atoms with Gasteiger partial charge in [-0.05, 0) is 30.7 Å². The van der Waals surface area contributed by atoms with Gasteiger partial charge >= 0.3 is 0 Å². The van der Waals surface area contributed by atoms with Gasteiger partial charge in [0, 0.05) is 25.0 Å². The van der Waals surface area contributed by atoms with Gasteiger partial charge in [0.05, 0.1) is 24.1 Å². The molecule has 0 spiro atoms. The van der Waals surface area contributed by atoms with Crippen molar-refractivity contribution >= 4 is 11.6 Å². The van der Waals surface area contributed by atoms with Crippen molar-refractivity contribution < 1.29 is 4.74 Å². The zero-order chi connectivity index (χ0) is 17.2. The molecule has 0 saturated carbocycles. The average molecular weight is 357 g/mol. The van der Waals surface area contributed by atoms with E-state index in [9.17, 15) is 0 Å². The fourth-order valence-corrected chi connectivity index (χ4v) is 3.17. The first-order chi connectivity index (χ1) is 12.2. The number of hydrogen-bond donors (Lipinski definition) is 2. The lowest BCUT2D eigenvalue weighted by atomic mass is 10.0. The van der Waals surface area contributed by atoms with E-state index in [1.165, 1.54) is 6.33 Å². The molecule has 3 aromatic heterocycles. The second-order valence-corrected chi connectivity index (χ2v) is 6.26. The maximum Gasteiger partial charge on any atom is 0.156 e. The van der Waals surface area contributed by atoms with Crippen LogP contribution < -0.4 is 5.32 Å². The fourth-order valence-electron chi connectivity index (χ4n) is 2.95. The molecule has 1 aliphatic heterocycles. The summed E-state index contributed by atoms with van der Waals surface area (Å²) in [6.07, 6.45) is 4.86. The Morgan fingerprint density at radius 1 is 1.12 bits per heavy atom. The van der Waals surface area contributed by atoms with Gasteiger partial charge in [-0.15, -0.1) is 0 Å². The van der Waals surface area contributed by atoms with E-state index in [2.05, 4.69) is 37.2 Å². The molecule has 3 aromatic rings. The summed E-state index contributed by atoms with van der Waals surface area (Å²) in [6, 6.07) is 5.84. The van der Waals surface area contributed by atoms with Crippen molar-refractivity contribution in [2.75, 3.05) is 13.2 Å².